The maximum Gasteiger partial charge on any atom is 0.137 e. The van der Waals surface area contributed by atoms with Gasteiger partial charge in [-0.2, -0.15) is 5.10 Å². The van der Waals surface area contributed by atoms with E-state index in [2.05, 4.69) is 39.7 Å². The number of anilines is 1. The van der Waals surface area contributed by atoms with E-state index in [0.29, 0.717) is 12.1 Å². The smallest absolute Gasteiger partial charge is 0.137 e. The summed E-state index contributed by atoms with van der Waals surface area (Å²) in [6, 6.07) is 8.95. The summed E-state index contributed by atoms with van der Waals surface area (Å²) in [5.41, 5.74) is 2.38. The molecule has 2 unspecified atom stereocenters. The highest BCUT2D eigenvalue weighted by Gasteiger charge is 2.24. The van der Waals surface area contributed by atoms with Gasteiger partial charge in [-0.15, -0.1) is 0 Å². The van der Waals surface area contributed by atoms with E-state index >= 15 is 0 Å². The van der Waals surface area contributed by atoms with E-state index in [0.717, 1.165) is 18.7 Å². The number of aromatic nitrogens is 3. The summed E-state index contributed by atoms with van der Waals surface area (Å²) < 4.78 is 7.41. The molecule has 1 fully saturated rings. The summed E-state index contributed by atoms with van der Waals surface area (Å²) in [7, 11) is 1.81. The third-order valence-electron chi connectivity index (χ3n) is 4.12. The van der Waals surface area contributed by atoms with Crippen LogP contribution in [0.2, 0.25) is 0 Å². The summed E-state index contributed by atoms with van der Waals surface area (Å²) in [6.45, 7) is 0.754. The Morgan fingerprint density at radius 2 is 2.05 bits per heavy atom. The second-order valence-corrected chi connectivity index (χ2v) is 5.60. The minimum Gasteiger partial charge on any atom is -0.380 e. The first kappa shape index (κ1) is 14.1. The largest absolute Gasteiger partial charge is 0.380 e. The first-order valence-electron chi connectivity index (χ1n) is 7.56. The lowest BCUT2D eigenvalue weighted by Gasteiger charge is -2.31. The Balaban J connectivity index is 1.61. The maximum atomic E-state index is 5.59. The third-order valence-corrected chi connectivity index (χ3v) is 4.12. The summed E-state index contributed by atoms with van der Waals surface area (Å²) in [6.07, 6.45) is 8.50. The van der Waals surface area contributed by atoms with Gasteiger partial charge in [0.2, 0.25) is 0 Å². The highest BCUT2D eigenvalue weighted by molar-refractivity contribution is 5.45. The second-order valence-electron chi connectivity index (χ2n) is 5.60. The fourth-order valence-corrected chi connectivity index (χ4v) is 2.97. The van der Waals surface area contributed by atoms with Crippen LogP contribution < -0.4 is 5.32 Å². The molecule has 1 heterocycles. The predicted molar refractivity (Wildman–Crippen MR) is 82.2 cm³/mol. The minimum absolute atomic E-state index is 0.327. The average Bonchev–Trinajstić information content (AvgIpc) is 3.03. The molecular weight excluding hydrogens is 264 g/mol. The fourth-order valence-electron chi connectivity index (χ4n) is 2.97. The Morgan fingerprint density at radius 1 is 1.24 bits per heavy atom. The van der Waals surface area contributed by atoms with Gasteiger partial charge in [0.25, 0.3) is 0 Å². The molecule has 1 aromatic heterocycles. The van der Waals surface area contributed by atoms with Crippen LogP contribution in [0, 0.1) is 0 Å². The summed E-state index contributed by atoms with van der Waals surface area (Å²) >= 11 is 0. The number of methoxy groups -OCH3 is 1. The number of nitrogens with zero attached hydrogens (tertiary/aromatic N) is 3. The van der Waals surface area contributed by atoms with Crippen LogP contribution in [-0.4, -0.2) is 34.0 Å². The topological polar surface area (TPSA) is 52.0 Å². The first-order valence-corrected chi connectivity index (χ1v) is 7.56. The zero-order valence-electron chi connectivity index (χ0n) is 12.4. The van der Waals surface area contributed by atoms with E-state index in [1.807, 2.05) is 11.8 Å². The molecule has 112 valence electrons. The van der Waals surface area contributed by atoms with Crippen molar-refractivity contribution in [1.29, 1.82) is 0 Å². The molecule has 1 aliphatic rings. The van der Waals surface area contributed by atoms with Gasteiger partial charge in [0.05, 0.1) is 18.7 Å². The standard InChI is InChI=1S/C16H22N4O/c1-21-16-5-3-2-4-15(16)19-14-8-6-13(7-9-14)10-20-12-17-11-18-20/h6-9,11-12,15-16,19H,2-5,10H2,1H3. The molecule has 3 rings (SSSR count). The zero-order valence-corrected chi connectivity index (χ0v) is 12.4. The molecule has 2 atom stereocenters. The minimum atomic E-state index is 0.327. The lowest BCUT2D eigenvalue weighted by molar-refractivity contribution is 0.0606. The molecule has 1 aromatic carbocycles. The van der Waals surface area contributed by atoms with Gasteiger partial charge in [0.15, 0.2) is 0 Å². The SMILES string of the molecule is COC1CCCCC1Nc1ccc(Cn2cncn2)cc1. The lowest BCUT2D eigenvalue weighted by atomic mass is 9.92. The molecule has 0 radical (unpaired) electrons. The highest BCUT2D eigenvalue weighted by atomic mass is 16.5. The van der Waals surface area contributed by atoms with Gasteiger partial charge < -0.3 is 10.1 Å². The van der Waals surface area contributed by atoms with Crippen molar-refractivity contribution in [2.75, 3.05) is 12.4 Å². The number of rotatable bonds is 5. The van der Waals surface area contributed by atoms with Gasteiger partial charge >= 0.3 is 0 Å². The van der Waals surface area contributed by atoms with E-state index in [4.69, 9.17) is 4.74 Å². The molecule has 21 heavy (non-hydrogen) atoms. The van der Waals surface area contributed by atoms with Crippen molar-refractivity contribution in [3.05, 3.63) is 42.5 Å². The van der Waals surface area contributed by atoms with Crippen LogP contribution in [0.4, 0.5) is 5.69 Å². The molecule has 0 saturated heterocycles. The van der Waals surface area contributed by atoms with Crippen molar-refractivity contribution in [3.63, 3.8) is 0 Å². The molecule has 0 amide bonds. The number of hydrogen-bond donors (Lipinski definition) is 1. The fraction of sp³-hybridized carbons (Fsp3) is 0.500. The van der Waals surface area contributed by atoms with Crippen LogP contribution >= 0.6 is 0 Å². The van der Waals surface area contributed by atoms with E-state index in [9.17, 15) is 0 Å². The summed E-state index contributed by atoms with van der Waals surface area (Å²) in [5.74, 6) is 0. The van der Waals surface area contributed by atoms with E-state index < -0.39 is 0 Å². The summed E-state index contributed by atoms with van der Waals surface area (Å²) in [4.78, 5) is 3.96. The molecule has 0 aliphatic heterocycles. The average molecular weight is 286 g/mol. The molecule has 1 aliphatic carbocycles. The van der Waals surface area contributed by atoms with Crippen molar-refractivity contribution in [2.45, 2.75) is 44.4 Å². The van der Waals surface area contributed by atoms with Crippen molar-refractivity contribution < 1.29 is 4.74 Å². The normalized spacial score (nSPS) is 22.1. The predicted octanol–water partition coefficient (Wildman–Crippen LogP) is 2.70. The van der Waals surface area contributed by atoms with Crippen molar-refractivity contribution in [2.24, 2.45) is 0 Å². The second kappa shape index (κ2) is 6.72. The molecule has 1 saturated carbocycles. The molecule has 5 nitrogen and oxygen atoms in total. The van der Waals surface area contributed by atoms with Gasteiger partial charge in [0.1, 0.15) is 12.7 Å². The third kappa shape index (κ3) is 3.61. The van der Waals surface area contributed by atoms with Crippen molar-refractivity contribution in [3.8, 4) is 0 Å². The molecular formula is C16H22N4O. The van der Waals surface area contributed by atoms with Crippen molar-refractivity contribution in [1.82, 2.24) is 14.8 Å². The van der Waals surface area contributed by atoms with E-state index in [1.54, 1.807) is 12.7 Å². The van der Waals surface area contributed by atoms with Gasteiger partial charge in [-0.1, -0.05) is 25.0 Å². The number of ether oxygens (including phenoxy) is 1. The van der Waals surface area contributed by atoms with Crippen LogP contribution in [-0.2, 0) is 11.3 Å². The Hall–Kier alpha value is -1.88. The Kier molecular flexibility index (Phi) is 4.50. The molecule has 0 bridgehead atoms. The number of nitrogens with one attached hydrogen (secondary N) is 1. The monoisotopic (exact) mass is 286 g/mol. The first-order chi connectivity index (χ1) is 10.3. The number of hydrogen-bond acceptors (Lipinski definition) is 4. The van der Waals surface area contributed by atoms with E-state index in [-0.39, 0.29) is 0 Å². The zero-order chi connectivity index (χ0) is 14.5. The van der Waals surface area contributed by atoms with Gasteiger partial charge in [-0.25, -0.2) is 9.67 Å². The summed E-state index contributed by atoms with van der Waals surface area (Å²) in [5, 5.41) is 7.73. The van der Waals surface area contributed by atoms with Crippen LogP contribution in [0.3, 0.4) is 0 Å². The van der Waals surface area contributed by atoms with E-state index in [1.165, 1.54) is 24.8 Å². The highest BCUT2D eigenvalue weighted by Crippen LogP contribution is 2.24. The Morgan fingerprint density at radius 3 is 2.76 bits per heavy atom. The Bertz CT molecular complexity index is 538. The van der Waals surface area contributed by atoms with Crippen molar-refractivity contribution >= 4 is 5.69 Å². The molecule has 1 N–H and O–H groups in total. The van der Waals surface area contributed by atoms with Crippen LogP contribution in [0.15, 0.2) is 36.9 Å². The van der Waals surface area contributed by atoms with Gasteiger partial charge in [-0.05, 0) is 30.5 Å². The lowest BCUT2D eigenvalue weighted by Crippen LogP contribution is -2.37. The van der Waals surface area contributed by atoms with Gasteiger partial charge in [0, 0.05) is 12.8 Å². The molecule has 2 aromatic rings. The quantitative estimate of drug-likeness (QED) is 0.918. The van der Waals surface area contributed by atoms with Gasteiger partial charge in [-0.3, -0.25) is 0 Å². The molecule has 0 spiro atoms. The number of benzene rings is 1. The maximum absolute atomic E-state index is 5.59. The van der Waals surface area contributed by atoms with Crippen LogP contribution in [0.1, 0.15) is 31.2 Å². The Labute approximate surface area is 125 Å². The van der Waals surface area contributed by atoms with Crippen LogP contribution in [0.25, 0.3) is 0 Å². The van der Waals surface area contributed by atoms with Crippen LogP contribution in [0.5, 0.6) is 0 Å². The molecule has 5 heteroatoms.